The SMILES string of the molecule is Cn1cnnc1COC1CCCC1CN. The van der Waals surface area contributed by atoms with Crippen molar-refractivity contribution in [1.82, 2.24) is 14.8 Å². The number of nitrogens with zero attached hydrogens (tertiary/aromatic N) is 3. The Morgan fingerprint density at radius 3 is 3.13 bits per heavy atom. The van der Waals surface area contributed by atoms with E-state index < -0.39 is 0 Å². The van der Waals surface area contributed by atoms with Gasteiger partial charge in [-0.2, -0.15) is 0 Å². The molecule has 0 radical (unpaired) electrons. The molecule has 0 saturated heterocycles. The molecule has 0 aliphatic heterocycles. The third-order valence-electron chi connectivity index (χ3n) is 3.12. The number of ether oxygens (including phenoxy) is 1. The van der Waals surface area contributed by atoms with Gasteiger partial charge in [0.25, 0.3) is 0 Å². The molecule has 2 unspecified atom stereocenters. The summed E-state index contributed by atoms with van der Waals surface area (Å²) in [4.78, 5) is 0. The average Bonchev–Trinajstić information content (AvgIpc) is 2.83. The highest BCUT2D eigenvalue weighted by Gasteiger charge is 2.26. The van der Waals surface area contributed by atoms with Crippen LogP contribution >= 0.6 is 0 Å². The van der Waals surface area contributed by atoms with E-state index >= 15 is 0 Å². The number of rotatable bonds is 4. The van der Waals surface area contributed by atoms with Gasteiger partial charge < -0.3 is 15.0 Å². The van der Waals surface area contributed by atoms with Crippen molar-refractivity contribution < 1.29 is 4.74 Å². The molecular formula is C10H18N4O. The van der Waals surface area contributed by atoms with Crippen molar-refractivity contribution in [2.45, 2.75) is 32.0 Å². The Labute approximate surface area is 89.6 Å². The Morgan fingerprint density at radius 2 is 2.47 bits per heavy atom. The van der Waals surface area contributed by atoms with Crippen molar-refractivity contribution >= 4 is 0 Å². The largest absolute Gasteiger partial charge is 0.370 e. The zero-order valence-electron chi connectivity index (χ0n) is 9.09. The highest BCUT2D eigenvalue weighted by atomic mass is 16.5. The maximum absolute atomic E-state index is 5.83. The summed E-state index contributed by atoms with van der Waals surface area (Å²) in [7, 11) is 1.92. The second kappa shape index (κ2) is 4.72. The summed E-state index contributed by atoms with van der Waals surface area (Å²) in [5.74, 6) is 1.40. The van der Waals surface area contributed by atoms with Crippen molar-refractivity contribution in [1.29, 1.82) is 0 Å². The average molecular weight is 210 g/mol. The van der Waals surface area contributed by atoms with Crippen LogP contribution in [-0.2, 0) is 18.4 Å². The smallest absolute Gasteiger partial charge is 0.158 e. The molecule has 1 aliphatic rings. The lowest BCUT2D eigenvalue weighted by Gasteiger charge is -2.18. The Hall–Kier alpha value is -0.940. The first-order valence-corrected chi connectivity index (χ1v) is 5.46. The zero-order valence-corrected chi connectivity index (χ0v) is 9.09. The van der Waals surface area contributed by atoms with Crippen molar-refractivity contribution in [3.05, 3.63) is 12.2 Å². The topological polar surface area (TPSA) is 66.0 Å². The predicted octanol–water partition coefficient (Wildman–Crippen LogP) is 0.459. The van der Waals surface area contributed by atoms with E-state index in [0.29, 0.717) is 18.6 Å². The van der Waals surface area contributed by atoms with Crippen LogP contribution in [0.25, 0.3) is 0 Å². The molecule has 1 fully saturated rings. The summed E-state index contributed by atoms with van der Waals surface area (Å²) in [6.45, 7) is 1.27. The second-order valence-electron chi connectivity index (χ2n) is 4.13. The van der Waals surface area contributed by atoms with Gasteiger partial charge in [0.15, 0.2) is 5.82 Å². The molecule has 0 amide bonds. The Bertz CT molecular complexity index is 312. The second-order valence-corrected chi connectivity index (χ2v) is 4.13. The van der Waals surface area contributed by atoms with Gasteiger partial charge in [-0.05, 0) is 25.3 Å². The molecule has 0 aromatic carbocycles. The van der Waals surface area contributed by atoms with Gasteiger partial charge in [-0.3, -0.25) is 0 Å². The molecule has 1 heterocycles. The van der Waals surface area contributed by atoms with E-state index in [1.807, 2.05) is 11.6 Å². The minimum Gasteiger partial charge on any atom is -0.370 e. The molecule has 5 heteroatoms. The molecular weight excluding hydrogens is 192 g/mol. The minimum atomic E-state index is 0.312. The van der Waals surface area contributed by atoms with E-state index in [1.54, 1.807) is 6.33 Å². The summed E-state index contributed by atoms with van der Waals surface area (Å²) in [5, 5.41) is 7.80. The first-order valence-electron chi connectivity index (χ1n) is 5.46. The zero-order chi connectivity index (χ0) is 10.7. The summed E-state index contributed by atoms with van der Waals surface area (Å²) in [6.07, 6.45) is 5.55. The van der Waals surface area contributed by atoms with E-state index in [1.165, 1.54) is 12.8 Å². The molecule has 2 atom stereocenters. The van der Waals surface area contributed by atoms with E-state index in [4.69, 9.17) is 10.5 Å². The molecule has 5 nitrogen and oxygen atoms in total. The quantitative estimate of drug-likeness (QED) is 0.784. The van der Waals surface area contributed by atoms with Crippen molar-refractivity contribution in [3.63, 3.8) is 0 Å². The van der Waals surface area contributed by atoms with Crippen molar-refractivity contribution in [2.24, 2.45) is 18.7 Å². The molecule has 2 rings (SSSR count). The van der Waals surface area contributed by atoms with E-state index in [0.717, 1.165) is 18.8 Å². The van der Waals surface area contributed by atoms with Gasteiger partial charge in [0.2, 0.25) is 0 Å². The normalized spacial score (nSPS) is 26.0. The summed E-state index contributed by atoms with van der Waals surface area (Å²) in [5.41, 5.74) is 5.69. The van der Waals surface area contributed by atoms with Gasteiger partial charge in [-0.1, -0.05) is 6.42 Å². The van der Waals surface area contributed by atoms with Gasteiger partial charge in [-0.15, -0.1) is 10.2 Å². The maximum Gasteiger partial charge on any atom is 0.158 e. The lowest BCUT2D eigenvalue weighted by Crippen LogP contribution is -2.25. The molecule has 1 aromatic rings. The van der Waals surface area contributed by atoms with E-state index in [-0.39, 0.29) is 0 Å². The Kier molecular flexibility index (Phi) is 3.33. The molecule has 15 heavy (non-hydrogen) atoms. The summed E-state index contributed by atoms with van der Waals surface area (Å²) in [6, 6.07) is 0. The molecule has 0 spiro atoms. The molecule has 2 N–H and O–H groups in total. The van der Waals surface area contributed by atoms with Gasteiger partial charge in [0.1, 0.15) is 12.9 Å². The van der Waals surface area contributed by atoms with Gasteiger partial charge in [-0.25, -0.2) is 0 Å². The number of hydrogen-bond acceptors (Lipinski definition) is 4. The van der Waals surface area contributed by atoms with Crippen LogP contribution in [0.3, 0.4) is 0 Å². The maximum atomic E-state index is 5.83. The third kappa shape index (κ3) is 2.35. The van der Waals surface area contributed by atoms with Crippen LogP contribution in [0.2, 0.25) is 0 Å². The third-order valence-corrected chi connectivity index (χ3v) is 3.12. The first-order chi connectivity index (χ1) is 7.31. The molecule has 1 aliphatic carbocycles. The van der Waals surface area contributed by atoms with Crippen LogP contribution in [0, 0.1) is 5.92 Å². The van der Waals surface area contributed by atoms with Crippen molar-refractivity contribution in [2.75, 3.05) is 6.54 Å². The summed E-state index contributed by atoms with van der Waals surface area (Å²) < 4.78 is 7.71. The van der Waals surface area contributed by atoms with Crippen LogP contribution in [0.1, 0.15) is 25.1 Å². The molecule has 1 saturated carbocycles. The number of nitrogens with two attached hydrogens (primary N) is 1. The minimum absolute atomic E-state index is 0.312. The van der Waals surface area contributed by atoms with E-state index in [2.05, 4.69) is 10.2 Å². The summed E-state index contributed by atoms with van der Waals surface area (Å²) >= 11 is 0. The van der Waals surface area contributed by atoms with Gasteiger partial charge in [0, 0.05) is 7.05 Å². The van der Waals surface area contributed by atoms with Gasteiger partial charge in [0.05, 0.1) is 6.10 Å². The number of aryl methyl sites for hydroxylation is 1. The fourth-order valence-electron chi connectivity index (χ4n) is 2.11. The number of hydrogen-bond donors (Lipinski definition) is 1. The lowest BCUT2D eigenvalue weighted by molar-refractivity contribution is 0.0137. The fraction of sp³-hybridized carbons (Fsp3) is 0.800. The van der Waals surface area contributed by atoms with Crippen LogP contribution in [0.5, 0.6) is 0 Å². The predicted molar refractivity (Wildman–Crippen MR) is 56.0 cm³/mol. The standard InChI is InChI=1S/C10H18N4O/c1-14-7-12-13-10(14)6-15-9-4-2-3-8(9)5-11/h7-9H,2-6,11H2,1H3. The van der Waals surface area contributed by atoms with Crippen LogP contribution in [0.4, 0.5) is 0 Å². The highest BCUT2D eigenvalue weighted by Crippen LogP contribution is 2.27. The van der Waals surface area contributed by atoms with Crippen LogP contribution < -0.4 is 5.73 Å². The van der Waals surface area contributed by atoms with Crippen molar-refractivity contribution in [3.8, 4) is 0 Å². The monoisotopic (exact) mass is 210 g/mol. The first kappa shape index (κ1) is 10.6. The van der Waals surface area contributed by atoms with Crippen LogP contribution in [-0.4, -0.2) is 27.4 Å². The molecule has 84 valence electrons. The fourth-order valence-corrected chi connectivity index (χ4v) is 2.11. The van der Waals surface area contributed by atoms with Crippen LogP contribution in [0.15, 0.2) is 6.33 Å². The number of aromatic nitrogens is 3. The lowest BCUT2D eigenvalue weighted by atomic mass is 10.1. The molecule has 0 bridgehead atoms. The Balaban J connectivity index is 1.85. The van der Waals surface area contributed by atoms with Gasteiger partial charge >= 0.3 is 0 Å². The highest BCUT2D eigenvalue weighted by molar-refractivity contribution is 4.83. The molecule has 1 aromatic heterocycles. The van der Waals surface area contributed by atoms with E-state index in [9.17, 15) is 0 Å². The Morgan fingerprint density at radius 1 is 1.60 bits per heavy atom.